The molecule has 0 aromatic carbocycles. The van der Waals surface area contributed by atoms with Crippen molar-refractivity contribution in [3.05, 3.63) is 23.3 Å². The van der Waals surface area contributed by atoms with Gasteiger partial charge in [0.15, 0.2) is 0 Å². The van der Waals surface area contributed by atoms with Gasteiger partial charge in [0.1, 0.15) is 12.1 Å². The number of aryl methyl sites for hydroxylation is 3. The van der Waals surface area contributed by atoms with Crippen LogP contribution in [-0.2, 0) is 17.9 Å². The zero-order valence-electron chi connectivity index (χ0n) is 15.3. The van der Waals surface area contributed by atoms with Gasteiger partial charge >= 0.3 is 0 Å². The Balaban J connectivity index is 1.40. The molecule has 140 valence electrons. The number of nitrogens with zero attached hydrogens (tertiary/aromatic N) is 7. The van der Waals surface area contributed by atoms with E-state index in [-0.39, 0.29) is 11.9 Å². The van der Waals surface area contributed by atoms with Gasteiger partial charge in [-0.3, -0.25) is 9.69 Å². The molecule has 0 spiro atoms. The van der Waals surface area contributed by atoms with Crippen LogP contribution >= 0.6 is 0 Å². The van der Waals surface area contributed by atoms with Gasteiger partial charge in [-0.15, -0.1) is 5.10 Å². The average molecular weight is 359 g/mol. The monoisotopic (exact) mass is 359 g/mol. The number of aromatic nitrogens is 5. The Labute approximate surface area is 152 Å². The van der Waals surface area contributed by atoms with Crippen molar-refractivity contribution in [2.45, 2.75) is 52.2 Å². The van der Waals surface area contributed by atoms with E-state index in [1.807, 2.05) is 13.8 Å². The molecule has 0 radical (unpaired) electrons. The molecule has 9 heteroatoms. The van der Waals surface area contributed by atoms with Crippen molar-refractivity contribution in [1.29, 1.82) is 0 Å². The van der Waals surface area contributed by atoms with Gasteiger partial charge in [-0.05, 0) is 43.0 Å². The van der Waals surface area contributed by atoms with Gasteiger partial charge in [-0.25, -0.2) is 4.68 Å². The van der Waals surface area contributed by atoms with Gasteiger partial charge in [-0.2, -0.15) is 0 Å². The predicted octanol–water partition coefficient (Wildman–Crippen LogP) is 0.791. The molecule has 3 fully saturated rings. The van der Waals surface area contributed by atoms with Crippen LogP contribution in [0.15, 0.2) is 10.9 Å². The second-order valence-corrected chi connectivity index (χ2v) is 7.46. The van der Waals surface area contributed by atoms with Crippen molar-refractivity contribution in [3.63, 3.8) is 0 Å². The van der Waals surface area contributed by atoms with E-state index in [9.17, 15) is 4.79 Å². The highest BCUT2D eigenvalue weighted by Crippen LogP contribution is 2.30. The first-order chi connectivity index (χ1) is 12.6. The second-order valence-electron chi connectivity index (χ2n) is 7.46. The third-order valence-electron chi connectivity index (χ3n) is 5.62. The lowest BCUT2D eigenvalue weighted by Crippen LogP contribution is -2.47. The molecule has 3 aliphatic rings. The topological polar surface area (TPSA) is 93.2 Å². The molecule has 2 aromatic rings. The fourth-order valence-corrected chi connectivity index (χ4v) is 4.20. The molecule has 5 rings (SSSR count). The van der Waals surface area contributed by atoms with E-state index >= 15 is 0 Å². The van der Waals surface area contributed by atoms with E-state index in [0.717, 1.165) is 44.1 Å². The zero-order valence-corrected chi connectivity index (χ0v) is 15.3. The number of piperidine rings is 1. The first-order valence-corrected chi connectivity index (χ1v) is 9.24. The smallest absolute Gasteiger partial charge is 0.224 e. The summed E-state index contributed by atoms with van der Waals surface area (Å²) in [6.45, 7) is 8.14. The van der Waals surface area contributed by atoms with E-state index in [4.69, 9.17) is 4.52 Å². The molecule has 0 unspecified atom stereocenters. The van der Waals surface area contributed by atoms with Crippen molar-refractivity contribution in [3.8, 4) is 0 Å². The van der Waals surface area contributed by atoms with Crippen LogP contribution in [0.5, 0.6) is 0 Å². The number of rotatable bonds is 5. The fourth-order valence-electron chi connectivity index (χ4n) is 4.20. The highest BCUT2D eigenvalue weighted by atomic mass is 16.5. The normalized spacial score (nSPS) is 23.4. The van der Waals surface area contributed by atoms with Crippen LogP contribution in [0.4, 0.5) is 0 Å². The van der Waals surface area contributed by atoms with Crippen LogP contribution < -0.4 is 0 Å². The molecule has 26 heavy (non-hydrogen) atoms. The van der Waals surface area contributed by atoms with Crippen molar-refractivity contribution < 1.29 is 9.32 Å². The van der Waals surface area contributed by atoms with Gasteiger partial charge in [0.25, 0.3) is 0 Å². The summed E-state index contributed by atoms with van der Waals surface area (Å²) in [5.41, 5.74) is 2.15. The molecule has 0 aliphatic carbocycles. The summed E-state index contributed by atoms with van der Waals surface area (Å²) in [6, 6.07) is 0.288. The number of hydrogen-bond acceptors (Lipinski definition) is 7. The van der Waals surface area contributed by atoms with E-state index in [1.54, 1.807) is 11.0 Å². The lowest BCUT2D eigenvalue weighted by Gasteiger charge is -2.36. The summed E-state index contributed by atoms with van der Waals surface area (Å²) in [7, 11) is 0. The Morgan fingerprint density at radius 2 is 2.15 bits per heavy atom. The fraction of sp³-hybridized carbons (Fsp3) is 0.706. The van der Waals surface area contributed by atoms with Crippen LogP contribution in [0.25, 0.3) is 0 Å². The average Bonchev–Trinajstić information content (AvgIpc) is 3.15. The molecule has 5 heterocycles. The predicted molar refractivity (Wildman–Crippen MR) is 91.9 cm³/mol. The largest absolute Gasteiger partial charge is 0.361 e. The van der Waals surface area contributed by atoms with E-state index in [2.05, 4.69) is 30.5 Å². The van der Waals surface area contributed by atoms with Gasteiger partial charge in [-0.1, -0.05) is 5.16 Å². The molecule has 1 amide bonds. The molecule has 2 atom stereocenters. The Kier molecular flexibility index (Phi) is 4.71. The van der Waals surface area contributed by atoms with Gasteiger partial charge < -0.3 is 9.42 Å². The summed E-state index contributed by atoms with van der Waals surface area (Å²) in [5.74, 6) is 1.63. The Bertz CT molecular complexity index is 738. The molecule has 2 bridgehead atoms. The van der Waals surface area contributed by atoms with Crippen molar-refractivity contribution in [2.75, 3.05) is 19.6 Å². The minimum atomic E-state index is 0.203. The summed E-state index contributed by atoms with van der Waals surface area (Å²) in [6.07, 6.45) is 4.27. The van der Waals surface area contributed by atoms with Crippen molar-refractivity contribution in [2.24, 2.45) is 5.92 Å². The van der Waals surface area contributed by atoms with Crippen LogP contribution in [-0.4, -0.2) is 66.7 Å². The minimum absolute atomic E-state index is 0.203. The second kappa shape index (κ2) is 7.14. The SMILES string of the molecule is Cc1noc(C)c1CN1C[C@@H]2CC[C@H](C1)N(C(=O)CCn1cnnn1)C2. The standard InChI is InChI=1S/C17H25N7O2/c1-12-16(13(2)26-19-12)10-22-7-14-3-4-15(9-22)24(8-14)17(25)5-6-23-11-18-20-21-23/h11,14-15H,3-10H2,1-2H3/t14-,15+/m0/s1. The highest BCUT2D eigenvalue weighted by molar-refractivity contribution is 5.76. The van der Waals surface area contributed by atoms with Crippen molar-refractivity contribution in [1.82, 2.24) is 35.2 Å². The third-order valence-corrected chi connectivity index (χ3v) is 5.62. The maximum Gasteiger partial charge on any atom is 0.224 e. The number of hydrogen-bond donors (Lipinski definition) is 0. The van der Waals surface area contributed by atoms with Crippen molar-refractivity contribution >= 4 is 5.91 Å². The van der Waals surface area contributed by atoms with Crippen LogP contribution in [0.2, 0.25) is 0 Å². The first kappa shape index (κ1) is 17.1. The maximum atomic E-state index is 12.8. The van der Waals surface area contributed by atoms with Gasteiger partial charge in [0, 0.05) is 44.2 Å². The summed E-state index contributed by atoms with van der Waals surface area (Å²) >= 11 is 0. The van der Waals surface area contributed by atoms with Crippen LogP contribution in [0.3, 0.4) is 0 Å². The molecule has 0 N–H and O–H groups in total. The molecule has 3 aliphatic heterocycles. The lowest BCUT2D eigenvalue weighted by atomic mass is 9.94. The quantitative estimate of drug-likeness (QED) is 0.779. The summed E-state index contributed by atoms with van der Waals surface area (Å²) in [5, 5.41) is 15.1. The molecule has 3 saturated heterocycles. The maximum absolute atomic E-state index is 12.8. The highest BCUT2D eigenvalue weighted by Gasteiger charge is 2.37. The Morgan fingerprint density at radius 3 is 2.88 bits per heavy atom. The van der Waals surface area contributed by atoms with Gasteiger partial charge in [0.05, 0.1) is 12.2 Å². The number of carbonyl (C=O) groups excluding carboxylic acids is 1. The molecule has 0 saturated carbocycles. The first-order valence-electron chi connectivity index (χ1n) is 9.24. The number of fused-ring (bicyclic) bond motifs is 4. The molecule has 9 nitrogen and oxygen atoms in total. The van der Waals surface area contributed by atoms with Gasteiger partial charge in [0.2, 0.25) is 5.91 Å². The van der Waals surface area contributed by atoms with Crippen LogP contribution in [0.1, 0.15) is 36.3 Å². The van der Waals surface area contributed by atoms with E-state index in [0.29, 0.717) is 18.9 Å². The Morgan fingerprint density at radius 1 is 1.27 bits per heavy atom. The molecule has 2 aromatic heterocycles. The number of tetrazole rings is 1. The number of carbonyl (C=O) groups is 1. The third kappa shape index (κ3) is 3.48. The summed E-state index contributed by atoms with van der Waals surface area (Å²) < 4.78 is 6.91. The van der Waals surface area contributed by atoms with E-state index < -0.39 is 0 Å². The van der Waals surface area contributed by atoms with Crippen LogP contribution in [0, 0.1) is 19.8 Å². The molecular weight excluding hydrogens is 334 g/mol. The van der Waals surface area contributed by atoms with E-state index in [1.165, 1.54) is 12.0 Å². The summed E-state index contributed by atoms with van der Waals surface area (Å²) in [4.78, 5) is 17.3. The zero-order chi connectivity index (χ0) is 18.1. The molecular formula is C17H25N7O2. The lowest BCUT2D eigenvalue weighted by molar-refractivity contribution is -0.135. The number of amides is 1. The Hall–Kier alpha value is -2.29. The minimum Gasteiger partial charge on any atom is -0.361 e.